The molecule has 0 aromatic rings. The van der Waals surface area contributed by atoms with Gasteiger partial charge in [-0.25, -0.2) is 0 Å². The SMILES string of the molecule is CCCC1=C(C)CC(C)=C1. The van der Waals surface area contributed by atoms with E-state index in [-0.39, 0.29) is 0 Å². The van der Waals surface area contributed by atoms with Gasteiger partial charge in [0.1, 0.15) is 0 Å². The second-order valence-electron chi connectivity index (χ2n) is 3.22. The average molecular weight is 136 g/mol. The molecule has 0 saturated carbocycles. The summed E-state index contributed by atoms with van der Waals surface area (Å²) in [6.45, 7) is 6.70. The summed E-state index contributed by atoms with van der Waals surface area (Å²) in [4.78, 5) is 0. The zero-order chi connectivity index (χ0) is 7.56. The number of allylic oxidation sites excluding steroid dienone is 4. The molecule has 0 spiro atoms. The Hall–Kier alpha value is -0.520. The van der Waals surface area contributed by atoms with Gasteiger partial charge in [-0.15, -0.1) is 0 Å². The van der Waals surface area contributed by atoms with Gasteiger partial charge >= 0.3 is 0 Å². The smallest absolute Gasteiger partial charge is 0.0105 e. The van der Waals surface area contributed by atoms with Crippen LogP contribution in [0.15, 0.2) is 22.8 Å². The second-order valence-corrected chi connectivity index (χ2v) is 3.22. The zero-order valence-corrected chi connectivity index (χ0v) is 7.20. The van der Waals surface area contributed by atoms with Gasteiger partial charge in [-0.3, -0.25) is 0 Å². The average Bonchev–Trinajstić information content (AvgIpc) is 2.13. The van der Waals surface area contributed by atoms with Crippen molar-refractivity contribution in [3.8, 4) is 0 Å². The highest BCUT2D eigenvalue weighted by molar-refractivity contribution is 5.36. The number of hydrogen-bond acceptors (Lipinski definition) is 0. The van der Waals surface area contributed by atoms with Crippen LogP contribution in [0.4, 0.5) is 0 Å². The molecule has 0 radical (unpaired) electrons. The van der Waals surface area contributed by atoms with Crippen molar-refractivity contribution in [3.63, 3.8) is 0 Å². The van der Waals surface area contributed by atoms with Gasteiger partial charge in [-0.1, -0.05) is 30.6 Å². The molecule has 0 amide bonds. The maximum Gasteiger partial charge on any atom is -0.0105 e. The molecule has 1 aliphatic rings. The molecule has 0 aromatic heterocycles. The Morgan fingerprint density at radius 1 is 1.40 bits per heavy atom. The van der Waals surface area contributed by atoms with E-state index >= 15 is 0 Å². The highest BCUT2D eigenvalue weighted by Crippen LogP contribution is 2.27. The summed E-state index contributed by atoms with van der Waals surface area (Å²) in [5.41, 5.74) is 4.69. The molecule has 10 heavy (non-hydrogen) atoms. The van der Waals surface area contributed by atoms with Crippen LogP contribution in [0.1, 0.15) is 40.0 Å². The Bertz CT molecular complexity index is 182. The van der Waals surface area contributed by atoms with Crippen LogP contribution < -0.4 is 0 Å². The molecule has 0 bridgehead atoms. The summed E-state index contributed by atoms with van der Waals surface area (Å²) < 4.78 is 0. The first kappa shape index (κ1) is 7.59. The van der Waals surface area contributed by atoms with Crippen LogP contribution >= 0.6 is 0 Å². The third kappa shape index (κ3) is 1.50. The predicted octanol–water partition coefficient (Wildman–Crippen LogP) is 3.45. The monoisotopic (exact) mass is 136 g/mol. The maximum atomic E-state index is 2.35. The van der Waals surface area contributed by atoms with Gasteiger partial charge in [-0.05, 0) is 32.3 Å². The quantitative estimate of drug-likeness (QED) is 0.545. The van der Waals surface area contributed by atoms with Gasteiger partial charge in [0.05, 0.1) is 0 Å². The number of rotatable bonds is 2. The summed E-state index contributed by atoms with van der Waals surface area (Å²) >= 11 is 0. The Kier molecular flexibility index (Phi) is 2.31. The van der Waals surface area contributed by atoms with Crippen LogP contribution in [0.25, 0.3) is 0 Å². The standard InChI is InChI=1S/C10H16/c1-4-5-10-7-8(2)6-9(10)3/h7H,4-6H2,1-3H3. The van der Waals surface area contributed by atoms with Crippen molar-refractivity contribution < 1.29 is 0 Å². The van der Waals surface area contributed by atoms with Crippen LogP contribution in [-0.2, 0) is 0 Å². The Morgan fingerprint density at radius 2 is 2.10 bits per heavy atom. The van der Waals surface area contributed by atoms with Crippen LogP contribution in [0.5, 0.6) is 0 Å². The minimum atomic E-state index is 1.22. The lowest BCUT2D eigenvalue weighted by Crippen LogP contribution is -1.77. The first-order valence-corrected chi connectivity index (χ1v) is 4.10. The van der Waals surface area contributed by atoms with Crippen molar-refractivity contribution in [3.05, 3.63) is 22.8 Å². The molecule has 0 saturated heterocycles. The molecule has 1 rings (SSSR count). The van der Waals surface area contributed by atoms with Gasteiger partial charge in [0.15, 0.2) is 0 Å². The third-order valence-electron chi connectivity index (χ3n) is 2.03. The van der Waals surface area contributed by atoms with E-state index in [4.69, 9.17) is 0 Å². The molecule has 0 nitrogen and oxygen atoms in total. The molecular weight excluding hydrogens is 120 g/mol. The second kappa shape index (κ2) is 3.05. The molecule has 0 heteroatoms. The van der Waals surface area contributed by atoms with Crippen molar-refractivity contribution in [2.75, 3.05) is 0 Å². The van der Waals surface area contributed by atoms with Crippen molar-refractivity contribution in [2.45, 2.75) is 40.0 Å². The molecule has 0 heterocycles. The fourth-order valence-electron chi connectivity index (χ4n) is 1.56. The van der Waals surface area contributed by atoms with Crippen LogP contribution in [0, 0.1) is 0 Å². The molecule has 0 aliphatic heterocycles. The Balaban J connectivity index is 2.62. The highest BCUT2D eigenvalue weighted by atomic mass is 14.1. The summed E-state index contributed by atoms with van der Waals surface area (Å²) in [5.74, 6) is 0. The summed E-state index contributed by atoms with van der Waals surface area (Å²) in [5, 5.41) is 0. The van der Waals surface area contributed by atoms with E-state index in [1.54, 1.807) is 11.1 Å². The van der Waals surface area contributed by atoms with E-state index in [9.17, 15) is 0 Å². The van der Waals surface area contributed by atoms with E-state index in [1.807, 2.05) is 0 Å². The highest BCUT2D eigenvalue weighted by Gasteiger charge is 2.07. The molecular formula is C10H16. The first-order chi connectivity index (χ1) is 4.74. The van der Waals surface area contributed by atoms with Gasteiger partial charge in [0.2, 0.25) is 0 Å². The molecule has 0 atom stereocenters. The molecule has 0 aromatic carbocycles. The molecule has 1 aliphatic carbocycles. The molecule has 0 N–H and O–H groups in total. The van der Waals surface area contributed by atoms with Gasteiger partial charge in [-0.2, -0.15) is 0 Å². The summed E-state index contributed by atoms with van der Waals surface area (Å²) in [6.07, 6.45) is 6.10. The molecule has 56 valence electrons. The van der Waals surface area contributed by atoms with Crippen molar-refractivity contribution in [1.29, 1.82) is 0 Å². The molecule has 0 unspecified atom stereocenters. The Labute approximate surface area is 63.6 Å². The number of hydrogen-bond donors (Lipinski definition) is 0. The van der Waals surface area contributed by atoms with Crippen molar-refractivity contribution >= 4 is 0 Å². The van der Waals surface area contributed by atoms with E-state index in [2.05, 4.69) is 26.8 Å². The lowest BCUT2D eigenvalue weighted by Gasteiger charge is -1.97. The van der Waals surface area contributed by atoms with E-state index in [0.29, 0.717) is 0 Å². The predicted molar refractivity (Wildman–Crippen MR) is 46.0 cm³/mol. The maximum absolute atomic E-state index is 2.35. The minimum absolute atomic E-state index is 1.22. The van der Waals surface area contributed by atoms with Crippen LogP contribution in [0.2, 0.25) is 0 Å². The van der Waals surface area contributed by atoms with E-state index in [1.165, 1.54) is 24.8 Å². The van der Waals surface area contributed by atoms with Gasteiger partial charge in [0, 0.05) is 0 Å². The molecule has 0 fully saturated rings. The third-order valence-corrected chi connectivity index (χ3v) is 2.03. The van der Waals surface area contributed by atoms with E-state index in [0.717, 1.165) is 0 Å². The minimum Gasteiger partial charge on any atom is -0.0690 e. The first-order valence-electron chi connectivity index (χ1n) is 4.10. The zero-order valence-electron chi connectivity index (χ0n) is 7.20. The van der Waals surface area contributed by atoms with Gasteiger partial charge < -0.3 is 0 Å². The summed E-state index contributed by atoms with van der Waals surface area (Å²) in [7, 11) is 0. The topological polar surface area (TPSA) is 0 Å². The van der Waals surface area contributed by atoms with Crippen molar-refractivity contribution in [2.24, 2.45) is 0 Å². The van der Waals surface area contributed by atoms with Crippen LogP contribution in [-0.4, -0.2) is 0 Å². The van der Waals surface area contributed by atoms with Crippen LogP contribution in [0.3, 0.4) is 0 Å². The lowest BCUT2D eigenvalue weighted by molar-refractivity contribution is 0.916. The lowest BCUT2D eigenvalue weighted by atomic mass is 10.1. The normalized spacial score (nSPS) is 18.1. The Morgan fingerprint density at radius 3 is 2.50 bits per heavy atom. The van der Waals surface area contributed by atoms with E-state index < -0.39 is 0 Å². The fraction of sp³-hybridized carbons (Fsp3) is 0.600. The van der Waals surface area contributed by atoms with Crippen molar-refractivity contribution in [1.82, 2.24) is 0 Å². The largest absolute Gasteiger partial charge is 0.0690 e. The van der Waals surface area contributed by atoms with Gasteiger partial charge in [0.25, 0.3) is 0 Å². The fourth-order valence-corrected chi connectivity index (χ4v) is 1.56. The summed E-state index contributed by atoms with van der Waals surface area (Å²) in [6, 6.07) is 0.